The van der Waals surface area contributed by atoms with Crippen molar-refractivity contribution in [3.8, 4) is 0 Å². The number of urea groups is 1. The van der Waals surface area contributed by atoms with Crippen molar-refractivity contribution >= 4 is 17.7 Å². The zero-order valence-corrected chi connectivity index (χ0v) is 13.1. The molecule has 1 heterocycles. The molecule has 5 nitrogen and oxygen atoms in total. The lowest BCUT2D eigenvalue weighted by atomic mass is 9.96. The first-order valence-corrected chi connectivity index (χ1v) is 7.67. The van der Waals surface area contributed by atoms with E-state index in [4.69, 9.17) is 5.11 Å². The third kappa shape index (κ3) is 3.98. The maximum atomic E-state index is 13.0. The van der Waals surface area contributed by atoms with E-state index in [9.17, 15) is 22.8 Å². The third-order valence-electron chi connectivity index (χ3n) is 4.12. The summed E-state index contributed by atoms with van der Waals surface area (Å²) in [7, 11) is 0. The van der Waals surface area contributed by atoms with Gasteiger partial charge >= 0.3 is 18.2 Å². The van der Waals surface area contributed by atoms with Gasteiger partial charge < -0.3 is 15.3 Å². The van der Waals surface area contributed by atoms with Crippen LogP contribution in [-0.4, -0.2) is 41.3 Å². The Morgan fingerprint density at radius 1 is 1.29 bits per heavy atom. The number of nitrogens with zero attached hydrogens (tertiary/aromatic N) is 1. The van der Waals surface area contributed by atoms with Crippen LogP contribution in [0.25, 0.3) is 0 Å². The van der Waals surface area contributed by atoms with E-state index in [1.54, 1.807) is 12.1 Å². The van der Waals surface area contributed by atoms with Crippen molar-refractivity contribution in [2.45, 2.75) is 25.9 Å². The number of hydrogen-bond acceptors (Lipinski definition) is 2. The molecular formula is C16H19F3N2O3. The van der Waals surface area contributed by atoms with Gasteiger partial charge in [0, 0.05) is 18.8 Å². The Hall–Kier alpha value is -2.25. The Bertz CT molecular complexity index is 619. The van der Waals surface area contributed by atoms with Crippen LogP contribution in [0.15, 0.2) is 24.3 Å². The van der Waals surface area contributed by atoms with Crippen LogP contribution < -0.4 is 5.32 Å². The number of halogens is 3. The summed E-state index contributed by atoms with van der Waals surface area (Å²) >= 11 is 0. The van der Waals surface area contributed by atoms with E-state index in [0.717, 1.165) is 23.3 Å². The fourth-order valence-electron chi connectivity index (χ4n) is 2.88. The molecule has 0 bridgehead atoms. The molecule has 0 aromatic heterocycles. The largest absolute Gasteiger partial charge is 0.481 e. The van der Waals surface area contributed by atoms with Crippen LogP contribution in [0.3, 0.4) is 0 Å². The molecule has 0 saturated carbocycles. The van der Waals surface area contributed by atoms with Gasteiger partial charge in [-0.25, -0.2) is 4.79 Å². The molecule has 1 aromatic carbocycles. The molecule has 1 aliphatic heterocycles. The predicted molar refractivity (Wildman–Crippen MR) is 81.7 cm³/mol. The average molecular weight is 344 g/mol. The van der Waals surface area contributed by atoms with Crippen molar-refractivity contribution in [1.82, 2.24) is 4.90 Å². The number of anilines is 1. The summed E-state index contributed by atoms with van der Waals surface area (Å²) in [5.41, 5.74) is 1.42. The maximum absolute atomic E-state index is 13.0. The summed E-state index contributed by atoms with van der Waals surface area (Å²) in [4.78, 5) is 24.2. The molecule has 0 aliphatic carbocycles. The highest BCUT2D eigenvalue weighted by Gasteiger charge is 2.53. The summed E-state index contributed by atoms with van der Waals surface area (Å²) in [6.07, 6.45) is -3.08. The number of carbonyl (C=O) groups is 2. The van der Waals surface area contributed by atoms with Gasteiger partial charge in [0.25, 0.3) is 0 Å². The Morgan fingerprint density at radius 3 is 2.50 bits per heavy atom. The monoisotopic (exact) mass is 344 g/mol. The van der Waals surface area contributed by atoms with E-state index in [1.807, 2.05) is 19.1 Å². The number of benzene rings is 1. The molecule has 2 amide bonds. The standard InChI is InChI=1S/C16H19F3N2O3/c1-2-5-10-6-3-4-7-13(10)20-15(24)21-8-11(14(22)23)12(9-21)16(17,18)19/h3-4,6-7,11-12H,2,5,8-9H2,1H3,(H,20,24)(H,22,23)/t11-,12-/m1/s1. The first-order valence-electron chi connectivity index (χ1n) is 7.67. The van der Waals surface area contributed by atoms with Gasteiger partial charge in [0.05, 0.1) is 11.8 Å². The summed E-state index contributed by atoms with van der Waals surface area (Å²) in [5.74, 6) is -5.23. The summed E-state index contributed by atoms with van der Waals surface area (Å²) in [6.45, 7) is 0.869. The third-order valence-corrected chi connectivity index (χ3v) is 4.12. The van der Waals surface area contributed by atoms with Crippen LogP contribution in [0.5, 0.6) is 0 Å². The summed E-state index contributed by atoms with van der Waals surface area (Å²) in [5, 5.41) is 11.6. The number of aliphatic carboxylic acids is 1. The number of amides is 2. The van der Waals surface area contributed by atoms with E-state index in [2.05, 4.69) is 5.32 Å². The molecule has 1 aliphatic rings. The minimum absolute atomic E-state index is 0.457. The Balaban J connectivity index is 2.12. The molecule has 2 atom stereocenters. The summed E-state index contributed by atoms with van der Waals surface area (Å²) < 4.78 is 38.9. The maximum Gasteiger partial charge on any atom is 0.394 e. The van der Waals surface area contributed by atoms with Crippen molar-refractivity contribution in [3.05, 3.63) is 29.8 Å². The van der Waals surface area contributed by atoms with E-state index in [1.165, 1.54) is 0 Å². The zero-order chi connectivity index (χ0) is 17.9. The second kappa shape index (κ2) is 7.11. The molecule has 0 spiro atoms. The van der Waals surface area contributed by atoms with Crippen LogP contribution in [0, 0.1) is 11.8 Å². The van der Waals surface area contributed by atoms with E-state index < -0.39 is 43.1 Å². The number of aryl methyl sites for hydroxylation is 1. The smallest absolute Gasteiger partial charge is 0.394 e. The van der Waals surface area contributed by atoms with Crippen LogP contribution in [0.2, 0.25) is 0 Å². The second-order valence-corrected chi connectivity index (χ2v) is 5.84. The lowest BCUT2D eigenvalue weighted by Gasteiger charge is -2.19. The van der Waals surface area contributed by atoms with Crippen molar-refractivity contribution in [3.63, 3.8) is 0 Å². The lowest BCUT2D eigenvalue weighted by molar-refractivity contribution is -0.187. The van der Waals surface area contributed by atoms with Gasteiger partial charge in [-0.3, -0.25) is 4.79 Å². The Kier molecular flexibility index (Phi) is 5.36. The van der Waals surface area contributed by atoms with Gasteiger partial charge in [0.15, 0.2) is 0 Å². The Morgan fingerprint density at radius 2 is 1.96 bits per heavy atom. The topological polar surface area (TPSA) is 69.6 Å². The zero-order valence-electron chi connectivity index (χ0n) is 13.1. The minimum Gasteiger partial charge on any atom is -0.481 e. The second-order valence-electron chi connectivity index (χ2n) is 5.84. The fraction of sp³-hybridized carbons (Fsp3) is 0.500. The van der Waals surface area contributed by atoms with Crippen LogP contribution in [0.1, 0.15) is 18.9 Å². The number of carboxylic acids is 1. The minimum atomic E-state index is -4.65. The van der Waals surface area contributed by atoms with Gasteiger partial charge in [0.2, 0.25) is 0 Å². The highest BCUT2D eigenvalue weighted by molar-refractivity contribution is 5.91. The van der Waals surface area contributed by atoms with Gasteiger partial charge in [-0.15, -0.1) is 0 Å². The van der Waals surface area contributed by atoms with Gasteiger partial charge in [-0.2, -0.15) is 13.2 Å². The van der Waals surface area contributed by atoms with Crippen molar-refractivity contribution in [1.29, 1.82) is 0 Å². The van der Waals surface area contributed by atoms with Gasteiger partial charge in [0.1, 0.15) is 0 Å². The normalized spacial score (nSPS) is 20.9. The van der Waals surface area contributed by atoms with Crippen LogP contribution in [0.4, 0.5) is 23.7 Å². The SMILES string of the molecule is CCCc1ccccc1NC(=O)N1C[C@@H](C(F)(F)F)[C@H](C(=O)O)C1. The van der Waals surface area contributed by atoms with E-state index in [0.29, 0.717) is 5.69 Å². The number of likely N-dealkylation sites (tertiary alicyclic amines) is 1. The van der Waals surface area contributed by atoms with Gasteiger partial charge in [-0.1, -0.05) is 31.5 Å². The molecule has 132 valence electrons. The molecular weight excluding hydrogens is 325 g/mol. The molecule has 1 aromatic rings. The first kappa shape index (κ1) is 18.1. The molecule has 0 radical (unpaired) electrons. The quantitative estimate of drug-likeness (QED) is 0.880. The van der Waals surface area contributed by atoms with E-state index in [-0.39, 0.29) is 0 Å². The molecule has 1 saturated heterocycles. The highest BCUT2D eigenvalue weighted by Crippen LogP contribution is 2.38. The summed E-state index contributed by atoms with van der Waals surface area (Å²) in [6, 6.07) is 6.33. The van der Waals surface area contributed by atoms with Crippen LogP contribution in [-0.2, 0) is 11.2 Å². The van der Waals surface area contributed by atoms with Gasteiger partial charge in [-0.05, 0) is 18.1 Å². The number of carboxylic acid groups (broad SMARTS) is 1. The molecule has 2 N–H and O–H groups in total. The van der Waals surface area contributed by atoms with Crippen molar-refractivity contribution < 1.29 is 27.9 Å². The number of nitrogens with one attached hydrogen (secondary N) is 1. The molecule has 1 fully saturated rings. The fourth-order valence-corrected chi connectivity index (χ4v) is 2.88. The number of alkyl halides is 3. The molecule has 2 rings (SSSR count). The Labute approximate surface area is 137 Å². The van der Waals surface area contributed by atoms with Crippen molar-refractivity contribution in [2.24, 2.45) is 11.8 Å². The molecule has 8 heteroatoms. The first-order chi connectivity index (χ1) is 11.2. The van der Waals surface area contributed by atoms with Crippen molar-refractivity contribution in [2.75, 3.05) is 18.4 Å². The number of para-hydroxylation sites is 1. The van der Waals surface area contributed by atoms with Crippen LogP contribution >= 0.6 is 0 Å². The number of hydrogen-bond donors (Lipinski definition) is 2. The number of carbonyl (C=O) groups excluding carboxylic acids is 1. The highest BCUT2D eigenvalue weighted by atomic mass is 19.4. The van der Waals surface area contributed by atoms with E-state index >= 15 is 0 Å². The predicted octanol–water partition coefficient (Wildman–Crippen LogP) is 3.37. The lowest BCUT2D eigenvalue weighted by Crippen LogP contribution is -2.35. The average Bonchev–Trinajstić information content (AvgIpc) is 2.95. The number of rotatable bonds is 4. The molecule has 0 unspecified atom stereocenters. The molecule has 24 heavy (non-hydrogen) atoms.